The Hall–Kier alpha value is -2.14. The first kappa shape index (κ1) is 14.8. The summed E-state index contributed by atoms with van der Waals surface area (Å²) < 4.78 is 0. The average Bonchev–Trinajstić information content (AvgIpc) is 2.56. The molecule has 1 aliphatic rings. The van der Waals surface area contributed by atoms with Gasteiger partial charge in [0.15, 0.2) is 0 Å². The fourth-order valence-corrected chi connectivity index (χ4v) is 2.83. The molecular formula is C17H22N4O. The Bertz CT molecular complexity index is 651. The smallest absolute Gasteiger partial charge is 0.128 e. The minimum atomic E-state index is 0.248. The van der Waals surface area contributed by atoms with Gasteiger partial charge in [-0.25, -0.2) is 9.97 Å². The van der Waals surface area contributed by atoms with E-state index >= 15 is 0 Å². The van der Waals surface area contributed by atoms with E-state index in [-0.39, 0.29) is 11.8 Å². The molecule has 0 unspecified atom stereocenters. The van der Waals surface area contributed by atoms with Gasteiger partial charge in [-0.1, -0.05) is 19.1 Å². The number of nitrogens with two attached hydrogens (primary N) is 1. The van der Waals surface area contributed by atoms with Crippen molar-refractivity contribution in [2.24, 2.45) is 5.73 Å². The quantitative estimate of drug-likeness (QED) is 0.909. The zero-order chi connectivity index (χ0) is 15.5. The molecule has 1 fully saturated rings. The van der Waals surface area contributed by atoms with Crippen molar-refractivity contribution in [3.8, 4) is 17.0 Å². The number of para-hydroxylation sites is 1. The highest BCUT2D eigenvalue weighted by Gasteiger charge is 2.21. The zero-order valence-electron chi connectivity index (χ0n) is 12.9. The van der Waals surface area contributed by atoms with Crippen LogP contribution in [0.4, 0.5) is 5.69 Å². The average molecular weight is 298 g/mol. The van der Waals surface area contributed by atoms with Crippen LogP contribution in [0.15, 0.2) is 30.5 Å². The van der Waals surface area contributed by atoms with Crippen LogP contribution in [0, 0.1) is 0 Å². The number of anilines is 1. The minimum Gasteiger partial charge on any atom is -0.507 e. The number of piperidine rings is 1. The summed E-state index contributed by atoms with van der Waals surface area (Å²) in [5, 5.41) is 10.2. The number of rotatable bonds is 3. The van der Waals surface area contributed by atoms with Gasteiger partial charge in [0.1, 0.15) is 17.3 Å². The second kappa shape index (κ2) is 6.32. The third-order valence-corrected chi connectivity index (χ3v) is 4.18. The largest absolute Gasteiger partial charge is 0.507 e. The molecule has 0 saturated carbocycles. The summed E-state index contributed by atoms with van der Waals surface area (Å²) in [6.45, 7) is 3.83. The zero-order valence-corrected chi connectivity index (χ0v) is 12.9. The molecule has 1 aliphatic heterocycles. The number of hydrogen-bond acceptors (Lipinski definition) is 5. The Morgan fingerprint density at radius 2 is 2.00 bits per heavy atom. The van der Waals surface area contributed by atoms with E-state index in [1.54, 1.807) is 6.07 Å². The molecule has 0 amide bonds. The highest BCUT2D eigenvalue weighted by molar-refractivity contribution is 5.78. The summed E-state index contributed by atoms with van der Waals surface area (Å²) in [6, 6.07) is 7.61. The predicted octanol–water partition coefficient (Wildman–Crippen LogP) is 2.34. The van der Waals surface area contributed by atoms with E-state index < -0.39 is 0 Å². The van der Waals surface area contributed by atoms with Gasteiger partial charge in [-0.05, 0) is 25.0 Å². The molecule has 0 bridgehead atoms. The molecule has 116 valence electrons. The number of benzene rings is 1. The van der Waals surface area contributed by atoms with E-state index in [2.05, 4.69) is 14.9 Å². The maximum Gasteiger partial charge on any atom is 0.128 e. The molecule has 0 aliphatic carbocycles. The van der Waals surface area contributed by atoms with Crippen LogP contribution in [-0.4, -0.2) is 34.2 Å². The minimum absolute atomic E-state index is 0.248. The van der Waals surface area contributed by atoms with Crippen molar-refractivity contribution in [1.82, 2.24) is 9.97 Å². The van der Waals surface area contributed by atoms with Gasteiger partial charge in [0.05, 0.1) is 11.9 Å². The summed E-state index contributed by atoms with van der Waals surface area (Å²) in [5.74, 6) is 1.04. The molecule has 2 heterocycles. The molecule has 3 rings (SSSR count). The highest BCUT2D eigenvalue weighted by Crippen LogP contribution is 2.35. The topological polar surface area (TPSA) is 75.3 Å². The number of aryl methyl sites for hydroxylation is 1. The van der Waals surface area contributed by atoms with Gasteiger partial charge in [0, 0.05) is 31.1 Å². The van der Waals surface area contributed by atoms with Crippen LogP contribution in [0.2, 0.25) is 0 Å². The molecular weight excluding hydrogens is 276 g/mol. The molecule has 0 radical (unpaired) electrons. The molecule has 3 N–H and O–H groups in total. The Morgan fingerprint density at radius 3 is 2.68 bits per heavy atom. The number of hydrogen-bond donors (Lipinski definition) is 2. The Kier molecular flexibility index (Phi) is 4.24. The van der Waals surface area contributed by atoms with Gasteiger partial charge in [-0.3, -0.25) is 0 Å². The van der Waals surface area contributed by atoms with Gasteiger partial charge in [-0.2, -0.15) is 0 Å². The van der Waals surface area contributed by atoms with Crippen molar-refractivity contribution in [2.45, 2.75) is 32.2 Å². The molecule has 22 heavy (non-hydrogen) atoms. The predicted molar refractivity (Wildman–Crippen MR) is 87.9 cm³/mol. The van der Waals surface area contributed by atoms with Gasteiger partial charge in [-0.15, -0.1) is 0 Å². The molecule has 0 spiro atoms. The van der Waals surface area contributed by atoms with E-state index in [1.807, 2.05) is 31.3 Å². The first-order valence-corrected chi connectivity index (χ1v) is 7.84. The van der Waals surface area contributed by atoms with Gasteiger partial charge < -0.3 is 15.7 Å². The van der Waals surface area contributed by atoms with Gasteiger partial charge in [0.25, 0.3) is 0 Å². The SMILES string of the molecule is CCc1ncc(N2CCC(N)CC2)c(-c2ccccc2O)n1. The Labute approximate surface area is 130 Å². The number of aromatic nitrogens is 2. The first-order valence-electron chi connectivity index (χ1n) is 7.84. The summed E-state index contributed by atoms with van der Waals surface area (Å²) >= 11 is 0. The standard InChI is InChI=1S/C17H22N4O/c1-2-16-19-11-14(21-9-7-12(18)8-10-21)17(20-16)13-5-3-4-6-15(13)22/h3-6,11-12,22H,2,7-10,18H2,1H3. The summed E-state index contributed by atoms with van der Waals surface area (Å²) in [4.78, 5) is 11.4. The number of phenols is 1. The molecule has 1 aromatic carbocycles. The second-order valence-electron chi connectivity index (χ2n) is 5.72. The molecule has 5 nitrogen and oxygen atoms in total. The lowest BCUT2D eigenvalue weighted by atomic mass is 10.0. The first-order chi connectivity index (χ1) is 10.7. The lowest BCUT2D eigenvalue weighted by Gasteiger charge is -2.32. The lowest BCUT2D eigenvalue weighted by molar-refractivity contribution is 0.476. The normalized spacial score (nSPS) is 16.0. The van der Waals surface area contributed by atoms with Gasteiger partial charge in [0.2, 0.25) is 0 Å². The van der Waals surface area contributed by atoms with Crippen molar-refractivity contribution < 1.29 is 5.11 Å². The molecule has 1 aromatic heterocycles. The van der Waals surface area contributed by atoms with Crippen LogP contribution < -0.4 is 10.6 Å². The molecule has 2 aromatic rings. The van der Waals surface area contributed by atoms with E-state index in [1.165, 1.54) is 0 Å². The van der Waals surface area contributed by atoms with Crippen LogP contribution in [0.5, 0.6) is 5.75 Å². The van der Waals surface area contributed by atoms with Crippen LogP contribution in [0.25, 0.3) is 11.3 Å². The molecule has 5 heteroatoms. The van der Waals surface area contributed by atoms with E-state index in [0.29, 0.717) is 0 Å². The number of phenolic OH excluding ortho intramolecular Hbond substituents is 1. The van der Waals surface area contributed by atoms with Crippen LogP contribution in [0.3, 0.4) is 0 Å². The van der Waals surface area contributed by atoms with Crippen LogP contribution in [-0.2, 0) is 6.42 Å². The fourth-order valence-electron chi connectivity index (χ4n) is 2.83. The van der Waals surface area contributed by atoms with Crippen LogP contribution in [0.1, 0.15) is 25.6 Å². The van der Waals surface area contributed by atoms with Crippen molar-refractivity contribution in [1.29, 1.82) is 0 Å². The van der Waals surface area contributed by atoms with Crippen molar-refractivity contribution in [3.05, 3.63) is 36.3 Å². The lowest BCUT2D eigenvalue weighted by Crippen LogP contribution is -2.40. The second-order valence-corrected chi connectivity index (χ2v) is 5.72. The fraction of sp³-hybridized carbons (Fsp3) is 0.412. The third kappa shape index (κ3) is 2.90. The third-order valence-electron chi connectivity index (χ3n) is 4.18. The summed E-state index contributed by atoms with van der Waals surface area (Å²) in [6.07, 6.45) is 4.59. The Balaban J connectivity index is 2.05. The maximum absolute atomic E-state index is 10.2. The maximum atomic E-state index is 10.2. The highest BCUT2D eigenvalue weighted by atomic mass is 16.3. The molecule has 0 atom stereocenters. The van der Waals surface area contributed by atoms with E-state index in [0.717, 1.165) is 55.1 Å². The number of aromatic hydroxyl groups is 1. The monoisotopic (exact) mass is 298 g/mol. The van der Waals surface area contributed by atoms with E-state index in [9.17, 15) is 5.11 Å². The van der Waals surface area contributed by atoms with E-state index in [4.69, 9.17) is 5.73 Å². The number of nitrogens with zero attached hydrogens (tertiary/aromatic N) is 3. The van der Waals surface area contributed by atoms with Gasteiger partial charge >= 0.3 is 0 Å². The van der Waals surface area contributed by atoms with Crippen molar-refractivity contribution in [2.75, 3.05) is 18.0 Å². The van der Waals surface area contributed by atoms with Crippen molar-refractivity contribution in [3.63, 3.8) is 0 Å². The summed E-state index contributed by atoms with van der Waals surface area (Å²) in [7, 11) is 0. The van der Waals surface area contributed by atoms with Crippen LogP contribution >= 0.6 is 0 Å². The Morgan fingerprint density at radius 1 is 1.27 bits per heavy atom. The molecule has 1 saturated heterocycles. The summed E-state index contributed by atoms with van der Waals surface area (Å²) in [5.41, 5.74) is 8.53. The van der Waals surface area contributed by atoms with Crippen molar-refractivity contribution >= 4 is 5.69 Å².